The van der Waals surface area contributed by atoms with Crippen molar-refractivity contribution in [1.29, 1.82) is 0 Å². The first-order valence-electron chi connectivity index (χ1n) is 7.62. The lowest BCUT2D eigenvalue weighted by Gasteiger charge is -2.21. The number of rotatable bonds is 7. The molecule has 1 amide bonds. The van der Waals surface area contributed by atoms with E-state index in [0.29, 0.717) is 17.4 Å². The van der Waals surface area contributed by atoms with Crippen LogP contribution in [0.4, 0.5) is 0 Å². The van der Waals surface area contributed by atoms with Gasteiger partial charge in [0.15, 0.2) is 9.84 Å². The Kier molecular flexibility index (Phi) is 5.50. The van der Waals surface area contributed by atoms with Crippen molar-refractivity contribution >= 4 is 27.3 Å². The number of sulfone groups is 1. The molecule has 122 valence electrons. The highest BCUT2D eigenvalue weighted by Gasteiger charge is 2.36. The highest BCUT2D eigenvalue weighted by Crippen LogP contribution is 2.41. The lowest BCUT2D eigenvalue weighted by molar-refractivity contribution is -0.121. The van der Waals surface area contributed by atoms with Crippen molar-refractivity contribution in [2.75, 3.05) is 5.75 Å². The maximum atomic E-state index is 12.3. The van der Waals surface area contributed by atoms with Gasteiger partial charge in [-0.2, -0.15) is 0 Å². The summed E-state index contributed by atoms with van der Waals surface area (Å²) in [5.74, 6) is 0.00268. The second-order valence-corrected chi connectivity index (χ2v) is 8.76. The zero-order chi connectivity index (χ0) is 16.3. The van der Waals surface area contributed by atoms with E-state index in [1.165, 1.54) is 6.92 Å². The summed E-state index contributed by atoms with van der Waals surface area (Å²) in [6.45, 7) is 3.26. The minimum Gasteiger partial charge on any atom is -0.348 e. The van der Waals surface area contributed by atoms with Gasteiger partial charge in [0.05, 0.1) is 11.8 Å². The molecular weight excluding hydrogens is 322 g/mol. The van der Waals surface area contributed by atoms with E-state index in [1.807, 2.05) is 12.1 Å². The van der Waals surface area contributed by atoms with Gasteiger partial charge in [0, 0.05) is 5.02 Å². The molecule has 2 rings (SSSR count). The summed E-state index contributed by atoms with van der Waals surface area (Å²) in [6.07, 6.45) is 2.61. The third-order valence-corrected chi connectivity index (χ3v) is 6.54. The quantitative estimate of drug-likeness (QED) is 0.827. The van der Waals surface area contributed by atoms with Crippen LogP contribution in [0.2, 0.25) is 5.02 Å². The number of amides is 1. The van der Waals surface area contributed by atoms with E-state index in [-0.39, 0.29) is 11.8 Å². The Morgan fingerprint density at radius 1 is 1.32 bits per heavy atom. The Hall–Kier alpha value is -1.07. The summed E-state index contributed by atoms with van der Waals surface area (Å²) in [7, 11) is -3.38. The summed E-state index contributed by atoms with van der Waals surface area (Å²) >= 11 is 5.90. The Morgan fingerprint density at radius 2 is 1.91 bits per heavy atom. The van der Waals surface area contributed by atoms with Crippen LogP contribution in [0.3, 0.4) is 0 Å². The van der Waals surface area contributed by atoms with Gasteiger partial charge in [-0.1, -0.05) is 30.7 Å². The summed E-state index contributed by atoms with van der Waals surface area (Å²) in [6, 6.07) is 7.21. The van der Waals surface area contributed by atoms with Crippen LogP contribution in [0.25, 0.3) is 0 Å². The van der Waals surface area contributed by atoms with Gasteiger partial charge in [0.1, 0.15) is 5.25 Å². The SMILES string of the molecule is CCCS(=O)(=O)[C@H](C)C(=O)N[C@H](c1ccc(Cl)cc1)C1CC1. The van der Waals surface area contributed by atoms with E-state index in [4.69, 9.17) is 11.6 Å². The number of hydrogen-bond acceptors (Lipinski definition) is 3. The van der Waals surface area contributed by atoms with Crippen LogP contribution in [0.5, 0.6) is 0 Å². The lowest BCUT2D eigenvalue weighted by Crippen LogP contribution is -2.41. The number of hydrogen-bond donors (Lipinski definition) is 1. The fraction of sp³-hybridized carbons (Fsp3) is 0.562. The zero-order valence-corrected chi connectivity index (χ0v) is 14.5. The molecule has 1 fully saturated rings. The second-order valence-electron chi connectivity index (χ2n) is 5.88. The number of halogens is 1. The van der Waals surface area contributed by atoms with Crippen molar-refractivity contribution in [3.8, 4) is 0 Å². The molecule has 0 heterocycles. The maximum absolute atomic E-state index is 12.3. The first-order chi connectivity index (χ1) is 10.3. The Bertz CT molecular complexity index is 623. The molecule has 1 aromatic carbocycles. The van der Waals surface area contributed by atoms with Gasteiger partial charge in [-0.05, 0) is 49.8 Å². The third-order valence-electron chi connectivity index (χ3n) is 4.02. The molecule has 0 radical (unpaired) electrons. The highest BCUT2D eigenvalue weighted by molar-refractivity contribution is 7.92. The van der Waals surface area contributed by atoms with Crippen LogP contribution in [-0.4, -0.2) is 25.3 Å². The van der Waals surface area contributed by atoms with Gasteiger partial charge in [0.25, 0.3) is 0 Å². The smallest absolute Gasteiger partial charge is 0.238 e. The molecule has 0 bridgehead atoms. The first-order valence-corrected chi connectivity index (χ1v) is 9.72. The molecule has 0 aliphatic heterocycles. The van der Waals surface area contributed by atoms with E-state index in [2.05, 4.69) is 5.32 Å². The van der Waals surface area contributed by atoms with Gasteiger partial charge < -0.3 is 5.32 Å². The van der Waals surface area contributed by atoms with E-state index in [1.54, 1.807) is 19.1 Å². The second kappa shape index (κ2) is 7.01. The summed E-state index contributed by atoms with van der Waals surface area (Å²) in [5.41, 5.74) is 0.973. The molecule has 2 atom stereocenters. The molecular formula is C16H22ClNO3S. The summed E-state index contributed by atoms with van der Waals surface area (Å²) < 4.78 is 24.1. The van der Waals surface area contributed by atoms with Gasteiger partial charge in [-0.25, -0.2) is 8.42 Å². The van der Waals surface area contributed by atoms with Crippen molar-refractivity contribution in [3.05, 3.63) is 34.9 Å². The van der Waals surface area contributed by atoms with Gasteiger partial charge in [-0.15, -0.1) is 0 Å². The molecule has 1 saturated carbocycles. The highest BCUT2D eigenvalue weighted by atomic mass is 35.5. The molecule has 0 spiro atoms. The number of carbonyl (C=O) groups excluding carboxylic acids is 1. The molecule has 1 aliphatic rings. The molecule has 0 aromatic heterocycles. The minimum atomic E-state index is -3.38. The minimum absolute atomic E-state index is 0.0383. The molecule has 0 unspecified atom stereocenters. The van der Waals surface area contributed by atoms with Crippen LogP contribution in [0.1, 0.15) is 44.7 Å². The molecule has 0 saturated heterocycles. The number of carbonyl (C=O) groups is 1. The van der Waals surface area contributed by atoms with Crippen molar-refractivity contribution in [3.63, 3.8) is 0 Å². The fourth-order valence-electron chi connectivity index (χ4n) is 2.47. The van der Waals surface area contributed by atoms with E-state index >= 15 is 0 Å². The summed E-state index contributed by atoms with van der Waals surface area (Å²) in [5, 5.41) is 2.55. The van der Waals surface area contributed by atoms with Crippen molar-refractivity contribution in [2.45, 2.75) is 44.4 Å². The number of nitrogens with one attached hydrogen (secondary N) is 1. The predicted octanol–water partition coefficient (Wildman–Crippen LogP) is 3.12. The maximum Gasteiger partial charge on any atom is 0.238 e. The number of benzene rings is 1. The van der Waals surface area contributed by atoms with Crippen molar-refractivity contribution in [1.82, 2.24) is 5.32 Å². The van der Waals surface area contributed by atoms with E-state index < -0.39 is 21.0 Å². The summed E-state index contributed by atoms with van der Waals surface area (Å²) in [4.78, 5) is 12.3. The molecule has 6 heteroatoms. The average Bonchev–Trinajstić information content (AvgIpc) is 3.29. The third kappa shape index (κ3) is 4.23. The Labute approximate surface area is 137 Å². The lowest BCUT2D eigenvalue weighted by atomic mass is 10.0. The Balaban J connectivity index is 2.11. The van der Waals surface area contributed by atoms with Crippen LogP contribution in [0, 0.1) is 5.92 Å². The molecule has 22 heavy (non-hydrogen) atoms. The van der Waals surface area contributed by atoms with Gasteiger partial charge >= 0.3 is 0 Å². The van der Waals surface area contributed by atoms with Crippen LogP contribution < -0.4 is 5.32 Å². The van der Waals surface area contributed by atoms with Crippen LogP contribution in [0.15, 0.2) is 24.3 Å². The average molecular weight is 344 g/mol. The predicted molar refractivity (Wildman–Crippen MR) is 88.6 cm³/mol. The van der Waals surface area contributed by atoms with Gasteiger partial charge in [-0.3, -0.25) is 4.79 Å². The van der Waals surface area contributed by atoms with Gasteiger partial charge in [0.2, 0.25) is 5.91 Å². The molecule has 1 N–H and O–H groups in total. The van der Waals surface area contributed by atoms with Crippen LogP contribution >= 0.6 is 11.6 Å². The molecule has 4 nitrogen and oxygen atoms in total. The molecule has 1 aromatic rings. The monoisotopic (exact) mass is 343 g/mol. The largest absolute Gasteiger partial charge is 0.348 e. The van der Waals surface area contributed by atoms with Crippen molar-refractivity contribution < 1.29 is 13.2 Å². The van der Waals surface area contributed by atoms with Crippen molar-refractivity contribution in [2.24, 2.45) is 5.92 Å². The van der Waals surface area contributed by atoms with E-state index in [0.717, 1.165) is 18.4 Å². The zero-order valence-electron chi connectivity index (χ0n) is 12.9. The molecule has 1 aliphatic carbocycles. The fourth-order valence-corrected chi connectivity index (χ4v) is 3.91. The van der Waals surface area contributed by atoms with E-state index in [9.17, 15) is 13.2 Å². The topological polar surface area (TPSA) is 63.2 Å². The van der Waals surface area contributed by atoms with Crippen LogP contribution in [-0.2, 0) is 14.6 Å². The Morgan fingerprint density at radius 3 is 2.41 bits per heavy atom. The standard InChI is InChI=1S/C16H22ClNO3S/c1-3-10-22(20,21)11(2)16(19)18-15(12-4-5-12)13-6-8-14(17)9-7-13/h6-9,11-12,15H,3-5,10H2,1-2H3,(H,18,19)/t11-,15+/m1/s1. The first kappa shape index (κ1) is 17.3. The normalized spacial score (nSPS) is 17.8.